The monoisotopic (exact) mass is 1240 g/mol. The topological polar surface area (TPSA) is 307 Å². The number of carbonyl (C=O) groups is 1. The number of hydrogen-bond acceptors (Lipinski definition) is 18. The zero-order chi connectivity index (χ0) is 63.3. The van der Waals surface area contributed by atoms with Crippen LogP contribution >= 0.6 is 0 Å². The second kappa shape index (κ2) is 50.1. The maximum absolute atomic E-state index is 13.3. The molecule has 3 fully saturated rings. The summed E-state index contributed by atoms with van der Waals surface area (Å²) in [6.07, 6.45) is 33.8. The van der Waals surface area contributed by atoms with Crippen LogP contribution < -0.4 is 5.32 Å². The molecule has 0 aromatic rings. The molecule has 3 saturated heterocycles. The van der Waals surface area contributed by atoms with Crippen molar-refractivity contribution in [1.82, 2.24) is 5.32 Å². The van der Waals surface area contributed by atoms with Crippen molar-refractivity contribution in [3.8, 4) is 0 Å². The van der Waals surface area contributed by atoms with Crippen LogP contribution in [-0.4, -0.2) is 193 Å². The van der Waals surface area contributed by atoms with E-state index < -0.39 is 124 Å². The van der Waals surface area contributed by atoms with Gasteiger partial charge in [-0.05, 0) is 70.6 Å². The summed E-state index contributed by atoms with van der Waals surface area (Å²) in [5, 5.41) is 120. The number of allylic oxidation sites excluding steroid dienone is 9. The molecule has 506 valence electrons. The average Bonchev–Trinajstić information content (AvgIpc) is 1.88. The highest BCUT2D eigenvalue weighted by molar-refractivity contribution is 5.76. The van der Waals surface area contributed by atoms with Crippen LogP contribution in [0.3, 0.4) is 0 Å². The lowest BCUT2D eigenvalue weighted by Crippen LogP contribution is -2.66. The van der Waals surface area contributed by atoms with E-state index in [1.807, 2.05) is 6.08 Å². The van der Waals surface area contributed by atoms with E-state index in [0.717, 1.165) is 57.8 Å². The molecule has 17 atom stereocenters. The molecule has 17 unspecified atom stereocenters. The van der Waals surface area contributed by atoms with E-state index in [1.165, 1.54) is 141 Å². The molecule has 1 amide bonds. The van der Waals surface area contributed by atoms with Gasteiger partial charge in [0, 0.05) is 6.42 Å². The molecule has 0 aromatic heterocycles. The fourth-order valence-electron chi connectivity index (χ4n) is 11.2. The third kappa shape index (κ3) is 32.6. The van der Waals surface area contributed by atoms with E-state index in [0.29, 0.717) is 12.8 Å². The Kier molecular flexibility index (Phi) is 45.3. The number of hydrogen-bond donors (Lipinski definition) is 12. The molecule has 0 spiro atoms. The Balaban J connectivity index is 1.36. The fraction of sp³-hybridized carbons (Fsp3) is 0.838. The highest BCUT2D eigenvalue weighted by Crippen LogP contribution is 2.33. The average molecular weight is 1240 g/mol. The molecule has 0 aromatic carbocycles. The van der Waals surface area contributed by atoms with Gasteiger partial charge in [-0.3, -0.25) is 4.79 Å². The molecule has 3 rings (SSSR count). The van der Waals surface area contributed by atoms with E-state index in [2.05, 4.69) is 67.8 Å². The van der Waals surface area contributed by atoms with Gasteiger partial charge in [0.2, 0.25) is 5.91 Å². The minimum absolute atomic E-state index is 0.232. The van der Waals surface area contributed by atoms with Crippen molar-refractivity contribution in [3.63, 3.8) is 0 Å². The SMILES string of the molecule is CCC/C=C/CC/C=C/CC/C=C/C(O)C(COC1OC(CO)C(OC2OC(CO)C(OC3OC(CO)C(O)C(O)C3O)C(O)C2O)C(O)C1O)NC(=O)CCCCCCCCCCCCCCCCCCCCC/C=C\C/C=C\CCCCCCC. The zero-order valence-corrected chi connectivity index (χ0v) is 53.2. The molecule has 12 N–H and O–H groups in total. The van der Waals surface area contributed by atoms with Gasteiger partial charge in [-0.25, -0.2) is 0 Å². The molecule has 0 radical (unpaired) electrons. The number of carbonyl (C=O) groups excluding carboxylic acids is 1. The van der Waals surface area contributed by atoms with Crippen molar-refractivity contribution in [2.45, 2.75) is 336 Å². The summed E-state index contributed by atoms with van der Waals surface area (Å²) in [6.45, 7) is 1.61. The van der Waals surface area contributed by atoms with Crippen molar-refractivity contribution in [1.29, 1.82) is 0 Å². The van der Waals surface area contributed by atoms with Gasteiger partial charge in [-0.15, -0.1) is 0 Å². The van der Waals surface area contributed by atoms with Crippen molar-refractivity contribution in [2.24, 2.45) is 0 Å². The number of nitrogens with one attached hydrogen (secondary N) is 1. The van der Waals surface area contributed by atoms with Crippen molar-refractivity contribution < 1.29 is 89.4 Å². The van der Waals surface area contributed by atoms with E-state index in [-0.39, 0.29) is 18.9 Å². The maximum Gasteiger partial charge on any atom is 0.220 e. The lowest BCUT2D eigenvalue weighted by Gasteiger charge is -2.48. The third-order valence-electron chi connectivity index (χ3n) is 16.7. The molecule has 3 heterocycles. The molecule has 87 heavy (non-hydrogen) atoms. The highest BCUT2D eigenvalue weighted by atomic mass is 16.8. The van der Waals surface area contributed by atoms with Gasteiger partial charge in [0.25, 0.3) is 0 Å². The predicted octanol–water partition coefficient (Wildman–Crippen LogP) is 8.38. The summed E-state index contributed by atoms with van der Waals surface area (Å²) >= 11 is 0. The predicted molar refractivity (Wildman–Crippen MR) is 337 cm³/mol. The first-order valence-corrected chi connectivity index (χ1v) is 34.0. The summed E-state index contributed by atoms with van der Waals surface area (Å²) < 4.78 is 34.2. The standard InChI is InChI=1S/C68H121NO18/c1-3-5-7-9-11-13-15-16-17-18-19-20-21-22-23-24-25-26-27-28-29-30-31-32-33-34-36-38-40-42-44-46-56(74)69-51(52(73)45-43-41-39-37-35-14-12-10-8-6-4-2)50-82-66-62(80)59(77)64(54(48-71)84-66)87-68-63(81)60(78)65(55(49-72)85-68)86-67-61(79)58(76)57(75)53(47-70)83-67/h8,10,15-16,18-19,35,37,43,45,51-55,57-68,70-73,75-81H,3-7,9,11-14,17,20-34,36,38-42,44,46-50H2,1-2H3,(H,69,74)/b10-8+,16-15-,19-18-,37-35+,45-43+. The van der Waals surface area contributed by atoms with Crippen molar-refractivity contribution >= 4 is 5.91 Å². The molecule has 0 bridgehead atoms. The van der Waals surface area contributed by atoms with Gasteiger partial charge in [0.1, 0.15) is 73.2 Å². The smallest absolute Gasteiger partial charge is 0.220 e. The number of ether oxygens (including phenoxy) is 6. The summed E-state index contributed by atoms with van der Waals surface area (Å²) in [4.78, 5) is 13.3. The summed E-state index contributed by atoms with van der Waals surface area (Å²) in [7, 11) is 0. The van der Waals surface area contributed by atoms with Crippen LogP contribution in [-0.2, 0) is 33.2 Å². The molecule has 19 heteroatoms. The first-order chi connectivity index (χ1) is 42.3. The van der Waals surface area contributed by atoms with Crippen molar-refractivity contribution in [3.05, 3.63) is 60.8 Å². The summed E-state index contributed by atoms with van der Waals surface area (Å²) in [6, 6.07) is -0.995. The van der Waals surface area contributed by atoms with Crippen molar-refractivity contribution in [2.75, 3.05) is 26.4 Å². The Morgan fingerprint density at radius 2 is 0.793 bits per heavy atom. The van der Waals surface area contributed by atoms with Crippen LogP contribution in [0.2, 0.25) is 0 Å². The zero-order valence-electron chi connectivity index (χ0n) is 53.2. The minimum Gasteiger partial charge on any atom is -0.394 e. The number of aliphatic hydroxyl groups is 11. The van der Waals surface area contributed by atoms with E-state index in [9.17, 15) is 61.0 Å². The van der Waals surface area contributed by atoms with Gasteiger partial charge < -0.3 is 89.9 Å². The maximum atomic E-state index is 13.3. The van der Waals surface area contributed by atoms with Gasteiger partial charge in [-0.1, -0.05) is 216 Å². The second-order valence-corrected chi connectivity index (χ2v) is 24.3. The van der Waals surface area contributed by atoms with Gasteiger partial charge in [-0.2, -0.15) is 0 Å². The van der Waals surface area contributed by atoms with E-state index in [4.69, 9.17) is 28.4 Å². The second-order valence-electron chi connectivity index (χ2n) is 24.3. The third-order valence-corrected chi connectivity index (χ3v) is 16.7. The number of rotatable bonds is 51. The van der Waals surface area contributed by atoms with Crippen LogP contribution in [0.1, 0.15) is 232 Å². The fourth-order valence-corrected chi connectivity index (χ4v) is 11.2. The molecule has 3 aliphatic heterocycles. The van der Waals surface area contributed by atoms with Crippen LogP contribution in [0.4, 0.5) is 0 Å². The lowest BCUT2D eigenvalue weighted by atomic mass is 9.96. The Labute approximate surface area is 522 Å². The van der Waals surface area contributed by atoms with Gasteiger partial charge in [0.15, 0.2) is 18.9 Å². The van der Waals surface area contributed by atoms with E-state index >= 15 is 0 Å². The van der Waals surface area contributed by atoms with Crippen LogP contribution in [0.25, 0.3) is 0 Å². The summed E-state index contributed by atoms with van der Waals surface area (Å²) in [5.74, 6) is -0.291. The van der Waals surface area contributed by atoms with Gasteiger partial charge in [0.05, 0.1) is 38.6 Å². The Morgan fingerprint density at radius 1 is 0.414 bits per heavy atom. The Bertz CT molecular complexity index is 1820. The molecular formula is C68H121NO18. The highest BCUT2D eigenvalue weighted by Gasteiger charge is 2.53. The lowest BCUT2D eigenvalue weighted by molar-refractivity contribution is -0.379. The number of amides is 1. The molecular weight excluding hydrogens is 1120 g/mol. The first-order valence-electron chi connectivity index (χ1n) is 34.0. The van der Waals surface area contributed by atoms with Gasteiger partial charge >= 0.3 is 0 Å². The first kappa shape index (κ1) is 78.7. The molecule has 3 aliphatic rings. The largest absolute Gasteiger partial charge is 0.394 e. The van der Waals surface area contributed by atoms with E-state index in [1.54, 1.807) is 6.08 Å². The Morgan fingerprint density at radius 3 is 1.25 bits per heavy atom. The molecule has 0 aliphatic carbocycles. The quantitative estimate of drug-likeness (QED) is 0.0201. The van der Waals surface area contributed by atoms with Crippen LogP contribution in [0, 0.1) is 0 Å². The van der Waals surface area contributed by atoms with Crippen LogP contribution in [0.5, 0.6) is 0 Å². The normalized spacial score (nSPS) is 29.0. The molecule has 0 saturated carbocycles. The van der Waals surface area contributed by atoms with Crippen LogP contribution in [0.15, 0.2) is 60.8 Å². The molecule has 19 nitrogen and oxygen atoms in total. The number of unbranched alkanes of at least 4 members (excludes halogenated alkanes) is 27. The Hall–Kier alpha value is -2.51. The minimum atomic E-state index is -1.98. The summed E-state index contributed by atoms with van der Waals surface area (Å²) in [5.41, 5.74) is 0. The number of aliphatic hydroxyl groups excluding tert-OH is 11.